The minimum Gasteiger partial charge on any atom is -0.414 e. The average Bonchev–Trinajstić information content (AvgIpc) is 0.786. The van der Waals surface area contributed by atoms with Crippen LogP contribution in [0.1, 0.15) is 673 Å². The maximum absolute atomic E-state index is 8.26. The fourth-order valence-electron chi connectivity index (χ4n) is 21.8. The van der Waals surface area contributed by atoms with Crippen LogP contribution in [0.2, 0.25) is 24.2 Å². The second-order valence-corrected chi connectivity index (χ2v) is 50.4. The monoisotopic (exact) mass is 1740 g/mol. The summed E-state index contributed by atoms with van der Waals surface area (Å²) < 4.78 is 22.7. The van der Waals surface area contributed by atoms with E-state index in [-0.39, 0.29) is 0 Å². The molecule has 0 heterocycles. The maximum Gasteiger partial charge on any atom is 0.329 e. The van der Waals surface area contributed by atoms with Gasteiger partial charge in [-0.05, 0) is 74.3 Å². The van der Waals surface area contributed by atoms with E-state index in [0.717, 1.165) is 23.7 Å². The van der Waals surface area contributed by atoms with Gasteiger partial charge in [-0.25, -0.2) is 0 Å². The predicted molar refractivity (Wildman–Crippen MR) is 558 cm³/mol. The lowest BCUT2D eigenvalue weighted by Crippen LogP contribution is -2.57. The van der Waals surface area contributed by atoms with Gasteiger partial charge < -0.3 is 13.0 Å². The van der Waals surface area contributed by atoms with Crippen LogP contribution in [0.3, 0.4) is 0 Å². The van der Waals surface area contributed by atoms with Crippen molar-refractivity contribution in [2.24, 2.45) is 35.5 Å². The van der Waals surface area contributed by atoms with Gasteiger partial charge in [0.2, 0.25) is 0 Å². The van der Waals surface area contributed by atoms with E-state index in [1.54, 1.807) is 0 Å². The van der Waals surface area contributed by atoms with Crippen LogP contribution in [0.5, 0.6) is 0 Å². The quantitative estimate of drug-likeness (QED) is 0.0449. The molecule has 0 aliphatic rings. The summed E-state index contributed by atoms with van der Waals surface area (Å²) in [5.41, 5.74) is 0.836. The third-order valence-corrected chi connectivity index (χ3v) is 40.0. The van der Waals surface area contributed by atoms with Gasteiger partial charge in [-0.15, -0.1) is 0 Å². The standard InChI is InChI=1S/C116H238O3Si2/c1-15-21-27-33-39-45-51-57-63-69-75-81-87-93-99-109(7)105-113(101-95-89-83-77-71-65-59-53-47-41-35-29-23-17-3)107-115(103-97-91-85-79-73-67-61-55-49-43-37-31-25-19-5)111(9)120(13,117-11)119-121(14,118-12)112(10)116(104-98-92-86-80-74-68-62-56-50-44-38-32-26-20-6)108-114(102-96-90-84-78-72-66-60-54-48-42-36-30-24-18-4)106-110(8)100-94-88-82-76-70-64-58-52-46-40-34-28-22-16-2/h109-116H,15-108H2,1-14H3. The maximum atomic E-state index is 8.26. The van der Waals surface area contributed by atoms with Gasteiger partial charge in [0.15, 0.2) is 0 Å². The molecule has 0 aromatic heterocycles. The molecule has 5 heteroatoms. The van der Waals surface area contributed by atoms with Crippen molar-refractivity contribution in [3.05, 3.63) is 0 Å². The molecule has 0 saturated heterocycles. The van der Waals surface area contributed by atoms with Gasteiger partial charge in [-0.2, -0.15) is 0 Å². The van der Waals surface area contributed by atoms with E-state index in [2.05, 4.69) is 96.6 Å². The van der Waals surface area contributed by atoms with E-state index in [1.807, 2.05) is 0 Å². The van der Waals surface area contributed by atoms with E-state index >= 15 is 0 Å². The highest BCUT2D eigenvalue weighted by atomic mass is 28.5. The largest absolute Gasteiger partial charge is 0.414 e. The summed E-state index contributed by atoms with van der Waals surface area (Å²) in [6.45, 7) is 29.9. The molecule has 10 unspecified atom stereocenters. The second-order valence-electron chi connectivity index (χ2n) is 42.8. The zero-order valence-electron chi connectivity index (χ0n) is 87.3. The van der Waals surface area contributed by atoms with Crippen molar-refractivity contribution in [1.29, 1.82) is 0 Å². The molecule has 0 fully saturated rings. The van der Waals surface area contributed by atoms with Crippen LogP contribution in [-0.4, -0.2) is 31.3 Å². The van der Waals surface area contributed by atoms with E-state index in [0.29, 0.717) is 22.9 Å². The third kappa shape index (κ3) is 80.9. The molecule has 0 aliphatic heterocycles. The van der Waals surface area contributed by atoms with Crippen molar-refractivity contribution >= 4 is 17.1 Å². The zero-order chi connectivity index (χ0) is 88.2. The van der Waals surface area contributed by atoms with Crippen LogP contribution in [0.25, 0.3) is 0 Å². The Labute approximate surface area is 771 Å². The van der Waals surface area contributed by atoms with Gasteiger partial charge in [-0.1, -0.05) is 647 Å². The molecule has 0 aromatic rings. The van der Waals surface area contributed by atoms with Crippen LogP contribution < -0.4 is 0 Å². The number of rotatable bonds is 106. The Balaban J connectivity index is 7.14. The average molecular weight is 1740 g/mol. The molecular weight excluding hydrogens is 1500 g/mol. The lowest BCUT2D eigenvalue weighted by atomic mass is 9.80. The molecule has 0 rings (SSSR count). The number of hydrogen-bond acceptors (Lipinski definition) is 3. The van der Waals surface area contributed by atoms with E-state index in [9.17, 15) is 0 Å². The van der Waals surface area contributed by atoms with Crippen molar-refractivity contribution in [3.63, 3.8) is 0 Å². The van der Waals surface area contributed by atoms with Crippen molar-refractivity contribution in [2.45, 2.75) is 697 Å². The van der Waals surface area contributed by atoms with Gasteiger partial charge >= 0.3 is 17.1 Å². The van der Waals surface area contributed by atoms with E-state index in [4.69, 9.17) is 13.0 Å². The molecule has 0 aromatic carbocycles. The molecule has 0 aliphatic carbocycles. The highest BCUT2D eigenvalue weighted by Gasteiger charge is 2.52. The molecule has 121 heavy (non-hydrogen) atoms. The Hall–Kier alpha value is 0.314. The van der Waals surface area contributed by atoms with Crippen LogP contribution in [0, 0.1) is 35.5 Å². The summed E-state index contributed by atoms with van der Waals surface area (Å²) in [7, 11) is -1.38. The third-order valence-electron chi connectivity index (χ3n) is 30.9. The van der Waals surface area contributed by atoms with Crippen molar-refractivity contribution in [3.8, 4) is 0 Å². The summed E-state index contributed by atoms with van der Waals surface area (Å²) in [6.07, 6.45) is 135. The molecule has 0 bridgehead atoms. The Bertz CT molecular complexity index is 1780. The summed E-state index contributed by atoms with van der Waals surface area (Å²) >= 11 is 0. The Morgan fingerprint density at radius 1 is 0.165 bits per heavy atom. The summed E-state index contributed by atoms with van der Waals surface area (Å²) in [5, 5.41) is 0. The first-order valence-electron chi connectivity index (χ1n) is 58.1. The topological polar surface area (TPSA) is 27.7 Å². The molecule has 728 valence electrons. The van der Waals surface area contributed by atoms with E-state index < -0.39 is 17.1 Å². The van der Waals surface area contributed by atoms with E-state index in [1.165, 1.54) is 604 Å². The summed E-state index contributed by atoms with van der Waals surface area (Å²) in [5.74, 6) is 4.46. The summed E-state index contributed by atoms with van der Waals surface area (Å²) in [4.78, 5) is 0. The lowest BCUT2D eigenvalue weighted by Gasteiger charge is -2.46. The summed E-state index contributed by atoms with van der Waals surface area (Å²) in [6, 6.07) is 0. The van der Waals surface area contributed by atoms with Gasteiger partial charge in [0.25, 0.3) is 0 Å². The minimum absolute atomic E-state index is 0.418. The van der Waals surface area contributed by atoms with Gasteiger partial charge in [-0.3, -0.25) is 0 Å². The number of hydrogen-bond donors (Lipinski definition) is 0. The smallest absolute Gasteiger partial charge is 0.329 e. The molecule has 0 amide bonds. The highest BCUT2D eigenvalue weighted by molar-refractivity contribution is 6.81. The van der Waals surface area contributed by atoms with Gasteiger partial charge in [0.1, 0.15) is 0 Å². The SMILES string of the molecule is CCCCCCCCCCCCCCCCC(C)CC(CCCCCCCCCCCCCCCC)CC(CCCCCCCCCCCCCCCC)C(C)[Si](C)(OC)O[Si](C)(OC)C(C)C(CCCCCCCCCCCCCCCC)CC(CCCCCCCCCCCCCCCC)CC(C)CCCCCCCCCCCCCCCC. The highest BCUT2D eigenvalue weighted by Crippen LogP contribution is 2.47. The fraction of sp³-hybridized carbons (Fsp3) is 1.00. The van der Waals surface area contributed by atoms with Crippen LogP contribution in [0.4, 0.5) is 0 Å². The molecule has 0 spiro atoms. The Morgan fingerprint density at radius 3 is 0.446 bits per heavy atom. The molecule has 3 nitrogen and oxygen atoms in total. The van der Waals surface area contributed by atoms with Gasteiger partial charge in [0.05, 0.1) is 0 Å². The van der Waals surface area contributed by atoms with Crippen molar-refractivity contribution in [1.82, 2.24) is 0 Å². The number of unbranched alkanes of at least 4 members (excludes halogenated alkanes) is 78. The lowest BCUT2D eigenvalue weighted by molar-refractivity contribution is 0.185. The first-order valence-corrected chi connectivity index (χ1v) is 62.9. The fourth-order valence-corrected chi connectivity index (χ4v) is 30.2. The molecule has 10 atom stereocenters. The first kappa shape index (κ1) is 121. The molecule has 0 saturated carbocycles. The van der Waals surface area contributed by atoms with Crippen LogP contribution >= 0.6 is 0 Å². The van der Waals surface area contributed by atoms with Gasteiger partial charge in [0, 0.05) is 25.3 Å². The van der Waals surface area contributed by atoms with Crippen LogP contribution in [0.15, 0.2) is 0 Å². The molecule has 0 N–H and O–H groups in total. The van der Waals surface area contributed by atoms with Crippen molar-refractivity contribution < 1.29 is 13.0 Å². The minimum atomic E-state index is -2.79. The molecule has 0 radical (unpaired) electrons. The first-order chi connectivity index (χ1) is 59.3. The molecular formula is C116H238O3Si2. The normalized spacial score (nSPS) is 15.1. The second kappa shape index (κ2) is 96.4. The van der Waals surface area contributed by atoms with Crippen LogP contribution in [-0.2, 0) is 13.0 Å². The Kier molecular flexibility index (Phi) is 96.6. The predicted octanol–water partition coefficient (Wildman–Crippen LogP) is 43.7. The zero-order valence-corrected chi connectivity index (χ0v) is 89.3. The van der Waals surface area contributed by atoms with Crippen molar-refractivity contribution in [2.75, 3.05) is 14.2 Å². The Morgan fingerprint density at radius 2 is 0.298 bits per heavy atom.